The van der Waals surface area contributed by atoms with Crippen LogP contribution >= 0.6 is 0 Å². The highest BCUT2D eigenvalue weighted by atomic mass is 32.2. The predicted octanol–water partition coefficient (Wildman–Crippen LogP) is 2.37. The minimum absolute atomic E-state index is 0.0592. The number of benzene rings is 2. The molecule has 0 saturated carbocycles. The summed E-state index contributed by atoms with van der Waals surface area (Å²) in [6.45, 7) is 5.13. The van der Waals surface area contributed by atoms with Gasteiger partial charge < -0.3 is 4.74 Å². The number of hydrogen-bond donors (Lipinski definition) is 2. The summed E-state index contributed by atoms with van der Waals surface area (Å²) >= 11 is 0. The number of nitrogens with one attached hydrogen (secondary N) is 1. The fourth-order valence-electron chi connectivity index (χ4n) is 4.13. The molecule has 2 atom stereocenters. The average molecular weight is 472 g/mol. The van der Waals surface area contributed by atoms with E-state index in [1.807, 2.05) is 44.3 Å². The molecular formula is C23H27N4O5S+. The lowest BCUT2D eigenvalue weighted by atomic mass is 9.99. The SMILES string of the molecule is CCOc1ccc(S(=O)(=O)N2CC(/C=[N+]3/N=C(CC(=O)NO)c4ccccc43)[C@H](C)C2)cc1. The molecule has 1 amide bonds. The summed E-state index contributed by atoms with van der Waals surface area (Å²) in [5.74, 6) is 0.0980. The van der Waals surface area contributed by atoms with E-state index in [1.54, 1.807) is 34.4 Å². The Bertz CT molecular complexity index is 1210. The lowest BCUT2D eigenvalue weighted by Gasteiger charge is -2.16. The number of carbonyl (C=O) groups excluding carboxylic acids is 1. The van der Waals surface area contributed by atoms with E-state index in [-0.39, 0.29) is 23.2 Å². The maximum absolute atomic E-state index is 13.2. The molecule has 1 unspecified atom stereocenters. The monoisotopic (exact) mass is 471 g/mol. The number of hydrogen-bond acceptors (Lipinski definition) is 6. The van der Waals surface area contributed by atoms with Crippen molar-refractivity contribution in [3.05, 3.63) is 54.1 Å². The van der Waals surface area contributed by atoms with Gasteiger partial charge in [0.1, 0.15) is 11.5 Å². The van der Waals surface area contributed by atoms with Gasteiger partial charge in [-0.15, -0.1) is 0 Å². The third-order valence-corrected chi connectivity index (χ3v) is 7.73. The van der Waals surface area contributed by atoms with Crippen molar-refractivity contribution in [2.45, 2.75) is 25.2 Å². The molecular weight excluding hydrogens is 444 g/mol. The van der Waals surface area contributed by atoms with Gasteiger partial charge in [-0.25, -0.2) is 13.9 Å². The number of hydrazone groups is 1. The molecule has 174 valence electrons. The fraction of sp³-hybridized carbons (Fsp3) is 0.348. The molecule has 0 bridgehead atoms. The normalized spacial score (nSPS) is 21.7. The van der Waals surface area contributed by atoms with E-state index in [1.165, 1.54) is 4.31 Å². The summed E-state index contributed by atoms with van der Waals surface area (Å²) in [6.07, 6.45) is 1.86. The Morgan fingerprint density at radius 2 is 1.97 bits per heavy atom. The quantitative estimate of drug-likeness (QED) is 0.366. The highest BCUT2D eigenvalue weighted by molar-refractivity contribution is 7.89. The summed E-state index contributed by atoms with van der Waals surface area (Å²) in [6, 6.07) is 14.0. The van der Waals surface area contributed by atoms with Crippen molar-refractivity contribution in [2.75, 3.05) is 19.7 Å². The van der Waals surface area contributed by atoms with Gasteiger partial charge in [0.15, 0.2) is 6.21 Å². The fourth-order valence-corrected chi connectivity index (χ4v) is 5.71. The summed E-state index contributed by atoms with van der Waals surface area (Å²) in [5, 5.41) is 13.4. The number of sulfonamides is 1. The number of ether oxygens (including phenoxy) is 1. The van der Waals surface area contributed by atoms with E-state index < -0.39 is 15.9 Å². The maximum Gasteiger partial charge on any atom is 0.249 e. The number of hydroxylamine groups is 1. The van der Waals surface area contributed by atoms with E-state index in [4.69, 9.17) is 9.94 Å². The molecule has 2 N–H and O–H groups in total. The number of para-hydroxylation sites is 1. The van der Waals surface area contributed by atoms with E-state index in [0.717, 1.165) is 11.3 Å². The van der Waals surface area contributed by atoms with E-state index >= 15 is 0 Å². The molecule has 1 saturated heterocycles. The van der Waals surface area contributed by atoms with Gasteiger partial charge in [0.2, 0.25) is 21.6 Å². The third-order valence-electron chi connectivity index (χ3n) is 5.89. The van der Waals surface area contributed by atoms with Crippen LogP contribution in [0.3, 0.4) is 0 Å². The summed E-state index contributed by atoms with van der Waals surface area (Å²) in [7, 11) is -3.64. The molecule has 2 heterocycles. The van der Waals surface area contributed by atoms with Gasteiger partial charge in [-0.05, 0) is 43.2 Å². The summed E-state index contributed by atoms with van der Waals surface area (Å²) < 4.78 is 35.0. The van der Waals surface area contributed by atoms with Crippen LogP contribution in [0.15, 0.2) is 58.5 Å². The standard InChI is InChI=1S/C23H26N4O5S/c1-3-32-18-8-10-19(11-9-18)33(30,31)26-13-16(2)17(14-26)15-27-22-7-5-4-6-20(22)21(24-27)12-23(28)25-29/h4-11,15-17H,3,12-14H2,1-2H3,(H-,25,28,29)/p+1/b27-15+/t16-,17?/m1/s1. The largest absolute Gasteiger partial charge is 0.494 e. The molecule has 2 aliphatic heterocycles. The number of nitrogens with zero attached hydrogens (tertiary/aromatic N) is 3. The van der Waals surface area contributed by atoms with Crippen LogP contribution in [-0.2, 0) is 14.8 Å². The summed E-state index contributed by atoms with van der Waals surface area (Å²) in [4.78, 5) is 11.9. The maximum atomic E-state index is 13.2. The molecule has 2 aromatic rings. The third kappa shape index (κ3) is 4.68. The Balaban J connectivity index is 1.57. The van der Waals surface area contributed by atoms with Crippen molar-refractivity contribution < 1.29 is 27.8 Å². The Morgan fingerprint density at radius 3 is 2.67 bits per heavy atom. The number of fused-ring (bicyclic) bond motifs is 1. The number of carbonyl (C=O) groups is 1. The first-order valence-corrected chi connectivity index (χ1v) is 12.2. The zero-order valence-corrected chi connectivity index (χ0v) is 19.3. The van der Waals surface area contributed by atoms with Crippen LogP contribution in [0.1, 0.15) is 25.8 Å². The van der Waals surface area contributed by atoms with Gasteiger partial charge in [0, 0.05) is 24.3 Å². The molecule has 1 fully saturated rings. The number of rotatable bonds is 7. The van der Waals surface area contributed by atoms with Crippen LogP contribution in [0, 0.1) is 11.8 Å². The minimum atomic E-state index is -3.64. The Hall–Kier alpha value is -3.08. The first-order valence-electron chi connectivity index (χ1n) is 10.8. The Morgan fingerprint density at radius 1 is 1.24 bits per heavy atom. The average Bonchev–Trinajstić information content (AvgIpc) is 3.35. The second-order valence-corrected chi connectivity index (χ2v) is 10.1. The van der Waals surface area contributed by atoms with Crippen molar-refractivity contribution in [1.29, 1.82) is 0 Å². The van der Waals surface area contributed by atoms with E-state index in [9.17, 15) is 13.2 Å². The molecule has 0 aliphatic carbocycles. The smallest absolute Gasteiger partial charge is 0.249 e. The topological polar surface area (TPSA) is 111 Å². The molecule has 33 heavy (non-hydrogen) atoms. The molecule has 10 heteroatoms. The van der Waals surface area contributed by atoms with Gasteiger partial charge in [0.25, 0.3) is 0 Å². The molecule has 2 aliphatic rings. The second kappa shape index (κ2) is 9.42. The van der Waals surface area contributed by atoms with Crippen LogP contribution in [0.5, 0.6) is 5.75 Å². The van der Waals surface area contributed by atoms with Gasteiger partial charge in [-0.3, -0.25) is 10.0 Å². The van der Waals surface area contributed by atoms with Crippen LogP contribution in [0.25, 0.3) is 0 Å². The molecule has 4 rings (SSSR count). The molecule has 0 spiro atoms. The molecule has 0 aromatic heterocycles. The minimum Gasteiger partial charge on any atom is -0.494 e. The van der Waals surface area contributed by atoms with Crippen molar-refractivity contribution in [3.63, 3.8) is 0 Å². The van der Waals surface area contributed by atoms with Gasteiger partial charge in [-0.1, -0.05) is 23.7 Å². The highest BCUT2D eigenvalue weighted by Gasteiger charge is 2.40. The van der Waals surface area contributed by atoms with Gasteiger partial charge in [0.05, 0.1) is 29.4 Å². The zero-order chi connectivity index (χ0) is 23.6. The lowest BCUT2D eigenvalue weighted by molar-refractivity contribution is -0.438. The van der Waals surface area contributed by atoms with E-state index in [0.29, 0.717) is 31.2 Å². The van der Waals surface area contributed by atoms with Crippen LogP contribution in [0.4, 0.5) is 5.69 Å². The first kappa shape index (κ1) is 23.1. The van der Waals surface area contributed by atoms with Gasteiger partial charge >= 0.3 is 0 Å². The molecule has 2 aromatic carbocycles. The van der Waals surface area contributed by atoms with Crippen LogP contribution in [0.2, 0.25) is 0 Å². The van der Waals surface area contributed by atoms with Crippen LogP contribution in [-0.4, -0.2) is 60.1 Å². The Kier molecular flexibility index (Phi) is 6.59. The van der Waals surface area contributed by atoms with Crippen molar-refractivity contribution in [1.82, 2.24) is 9.79 Å². The highest BCUT2D eigenvalue weighted by Crippen LogP contribution is 2.31. The van der Waals surface area contributed by atoms with Gasteiger partial charge in [-0.2, -0.15) is 4.31 Å². The zero-order valence-electron chi connectivity index (χ0n) is 18.5. The summed E-state index contributed by atoms with van der Waals surface area (Å²) in [5.41, 5.74) is 3.80. The molecule has 0 radical (unpaired) electrons. The van der Waals surface area contributed by atoms with E-state index in [2.05, 4.69) is 5.10 Å². The van der Waals surface area contributed by atoms with Crippen molar-refractivity contribution in [3.8, 4) is 5.75 Å². The number of amides is 1. The van der Waals surface area contributed by atoms with Crippen molar-refractivity contribution in [2.24, 2.45) is 16.9 Å². The Labute approximate surface area is 193 Å². The molecule has 9 nitrogen and oxygen atoms in total. The van der Waals surface area contributed by atoms with Crippen LogP contribution < -0.4 is 10.2 Å². The second-order valence-electron chi connectivity index (χ2n) is 8.14. The lowest BCUT2D eigenvalue weighted by Crippen LogP contribution is -2.29. The predicted molar refractivity (Wildman–Crippen MR) is 123 cm³/mol. The first-order chi connectivity index (χ1) is 15.8. The van der Waals surface area contributed by atoms with Crippen molar-refractivity contribution >= 4 is 33.5 Å².